The topological polar surface area (TPSA) is 55.4 Å². The lowest BCUT2D eigenvalue weighted by Gasteiger charge is -1.99. The fourth-order valence-corrected chi connectivity index (χ4v) is 2.88. The molecule has 1 amide bonds. The summed E-state index contributed by atoms with van der Waals surface area (Å²) in [6.07, 6.45) is 0. The maximum atomic E-state index is 12.2. The summed E-state index contributed by atoms with van der Waals surface area (Å²) in [7, 11) is 0. The number of benzene rings is 2. The highest BCUT2D eigenvalue weighted by Gasteiger charge is 2.13. The highest BCUT2D eigenvalue weighted by molar-refractivity contribution is 9.10. The minimum absolute atomic E-state index is 0.261. The van der Waals surface area contributed by atoms with Crippen molar-refractivity contribution in [1.82, 2.24) is 5.32 Å². The van der Waals surface area contributed by atoms with Crippen molar-refractivity contribution < 1.29 is 13.6 Å². The smallest absolute Gasteiger partial charge is 0.287 e. The second kappa shape index (κ2) is 5.59. The van der Waals surface area contributed by atoms with E-state index in [4.69, 9.17) is 8.83 Å². The van der Waals surface area contributed by atoms with E-state index in [1.165, 1.54) is 0 Å². The van der Waals surface area contributed by atoms with E-state index in [2.05, 4.69) is 21.2 Å². The number of furan rings is 2. The van der Waals surface area contributed by atoms with Crippen LogP contribution in [0.1, 0.15) is 16.3 Å². The summed E-state index contributed by atoms with van der Waals surface area (Å²) >= 11 is 3.43. The predicted molar refractivity (Wildman–Crippen MR) is 91.3 cm³/mol. The molecule has 2 heterocycles. The fourth-order valence-electron chi connectivity index (χ4n) is 2.50. The van der Waals surface area contributed by atoms with E-state index in [9.17, 15) is 4.79 Å². The highest BCUT2D eigenvalue weighted by atomic mass is 79.9. The number of carbonyl (C=O) groups excluding carboxylic acids is 1. The van der Waals surface area contributed by atoms with Gasteiger partial charge in [-0.15, -0.1) is 0 Å². The van der Waals surface area contributed by atoms with Gasteiger partial charge in [-0.25, -0.2) is 0 Å². The second-order valence-corrected chi connectivity index (χ2v) is 6.14. The van der Waals surface area contributed by atoms with E-state index in [1.54, 1.807) is 6.07 Å². The summed E-state index contributed by atoms with van der Waals surface area (Å²) in [5, 5.41) is 4.72. The zero-order valence-corrected chi connectivity index (χ0v) is 13.6. The lowest BCUT2D eigenvalue weighted by molar-refractivity contribution is 0.0922. The number of amides is 1. The maximum Gasteiger partial charge on any atom is 0.287 e. The Bertz CT molecular complexity index is 982. The van der Waals surface area contributed by atoms with Gasteiger partial charge in [0, 0.05) is 15.2 Å². The van der Waals surface area contributed by atoms with Crippen molar-refractivity contribution >= 4 is 43.8 Å². The number of halogens is 1. The largest absolute Gasteiger partial charge is 0.459 e. The number of para-hydroxylation sites is 1. The Morgan fingerprint density at radius 3 is 2.65 bits per heavy atom. The van der Waals surface area contributed by atoms with Crippen molar-refractivity contribution in [3.8, 4) is 0 Å². The van der Waals surface area contributed by atoms with Crippen LogP contribution in [0.4, 0.5) is 0 Å². The van der Waals surface area contributed by atoms with Gasteiger partial charge in [-0.2, -0.15) is 0 Å². The molecule has 2 aromatic carbocycles. The van der Waals surface area contributed by atoms with Gasteiger partial charge < -0.3 is 14.2 Å². The minimum Gasteiger partial charge on any atom is -0.459 e. The molecule has 23 heavy (non-hydrogen) atoms. The van der Waals surface area contributed by atoms with Crippen molar-refractivity contribution in [3.05, 3.63) is 70.6 Å². The van der Waals surface area contributed by atoms with Crippen molar-refractivity contribution in [2.24, 2.45) is 0 Å². The molecule has 5 heteroatoms. The number of hydrogen-bond acceptors (Lipinski definition) is 3. The van der Waals surface area contributed by atoms with Crippen molar-refractivity contribution in [3.63, 3.8) is 0 Å². The molecule has 0 saturated carbocycles. The molecule has 0 aliphatic carbocycles. The third kappa shape index (κ3) is 2.75. The van der Waals surface area contributed by atoms with Gasteiger partial charge >= 0.3 is 0 Å². The van der Waals surface area contributed by atoms with E-state index in [0.717, 1.165) is 20.8 Å². The Hall–Kier alpha value is -2.53. The third-order valence-electron chi connectivity index (χ3n) is 3.60. The maximum absolute atomic E-state index is 12.2. The summed E-state index contributed by atoms with van der Waals surface area (Å²) in [5.74, 6) is 0.732. The molecule has 0 spiro atoms. The predicted octanol–water partition coefficient (Wildman–Crippen LogP) is 4.87. The number of hydrogen-bond donors (Lipinski definition) is 1. The monoisotopic (exact) mass is 369 g/mol. The van der Waals surface area contributed by atoms with Crippen LogP contribution in [0.3, 0.4) is 0 Å². The van der Waals surface area contributed by atoms with Gasteiger partial charge in [-0.1, -0.05) is 34.1 Å². The SMILES string of the molecule is O=C(NCc1cc2cc(Br)ccc2o1)c1cc2ccccc2o1. The van der Waals surface area contributed by atoms with Gasteiger partial charge in [-0.05, 0) is 36.4 Å². The van der Waals surface area contributed by atoms with Crippen LogP contribution >= 0.6 is 15.9 Å². The average Bonchev–Trinajstić information content (AvgIpc) is 3.15. The van der Waals surface area contributed by atoms with Gasteiger partial charge in [0.1, 0.15) is 16.9 Å². The van der Waals surface area contributed by atoms with Gasteiger partial charge in [0.25, 0.3) is 5.91 Å². The van der Waals surface area contributed by atoms with E-state index in [1.807, 2.05) is 48.5 Å². The Balaban J connectivity index is 1.51. The number of carbonyl (C=O) groups is 1. The standard InChI is InChI=1S/C18H12BrNO3/c19-13-5-6-16-12(7-13)8-14(22-16)10-20-18(21)17-9-11-3-1-2-4-15(11)23-17/h1-9H,10H2,(H,20,21). The molecule has 4 aromatic rings. The molecule has 114 valence electrons. The molecular formula is C18H12BrNO3. The fraction of sp³-hybridized carbons (Fsp3) is 0.0556. The summed E-state index contributed by atoms with van der Waals surface area (Å²) in [6, 6.07) is 17.0. The van der Waals surface area contributed by atoms with Crippen LogP contribution in [0.2, 0.25) is 0 Å². The lowest BCUT2D eigenvalue weighted by Crippen LogP contribution is -2.21. The highest BCUT2D eigenvalue weighted by Crippen LogP contribution is 2.23. The first-order chi connectivity index (χ1) is 11.2. The molecule has 0 radical (unpaired) electrons. The molecule has 0 aliphatic rings. The number of nitrogens with one attached hydrogen (secondary N) is 1. The Labute approximate surface area is 140 Å². The Morgan fingerprint density at radius 2 is 1.78 bits per heavy atom. The van der Waals surface area contributed by atoms with Crippen molar-refractivity contribution in [1.29, 1.82) is 0 Å². The second-order valence-electron chi connectivity index (χ2n) is 5.23. The summed E-state index contributed by atoms with van der Waals surface area (Å²) in [5.41, 5.74) is 1.49. The van der Waals surface area contributed by atoms with Gasteiger partial charge in [-0.3, -0.25) is 4.79 Å². The summed E-state index contributed by atoms with van der Waals surface area (Å²) in [6.45, 7) is 0.308. The molecule has 0 bridgehead atoms. The molecule has 1 N–H and O–H groups in total. The molecule has 4 nitrogen and oxygen atoms in total. The van der Waals surface area contributed by atoms with Crippen LogP contribution in [-0.4, -0.2) is 5.91 Å². The first-order valence-corrected chi connectivity index (χ1v) is 7.93. The molecule has 0 saturated heterocycles. The Kier molecular flexibility index (Phi) is 3.42. The van der Waals surface area contributed by atoms with Gasteiger partial charge in [0.05, 0.1) is 6.54 Å². The molecular weight excluding hydrogens is 358 g/mol. The van der Waals surface area contributed by atoms with Crippen LogP contribution in [-0.2, 0) is 6.54 Å². The first-order valence-electron chi connectivity index (χ1n) is 7.14. The van der Waals surface area contributed by atoms with E-state index in [-0.39, 0.29) is 5.91 Å². The number of rotatable bonds is 3. The molecule has 2 aromatic heterocycles. The normalized spacial score (nSPS) is 11.2. The van der Waals surface area contributed by atoms with Crippen LogP contribution in [0.15, 0.2) is 67.9 Å². The lowest BCUT2D eigenvalue weighted by atomic mass is 10.2. The quantitative estimate of drug-likeness (QED) is 0.560. The molecule has 0 atom stereocenters. The van der Waals surface area contributed by atoms with Crippen molar-refractivity contribution in [2.45, 2.75) is 6.54 Å². The van der Waals surface area contributed by atoms with Gasteiger partial charge in [0.2, 0.25) is 0 Å². The Morgan fingerprint density at radius 1 is 0.957 bits per heavy atom. The molecule has 4 rings (SSSR count). The zero-order chi connectivity index (χ0) is 15.8. The summed E-state index contributed by atoms with van der Waals surface area (Å²) in [4.78, 5) is 12.2. The third-order valence-corrected chi connectivity index (χ3v) is 4.10. The van der Waals surface area contributed by atoms with E-state index >= 15 is 0 Å². The molecule has 0 aliphatic heterocycles. The van der Waals surface area contributed by atoms with Crippen LogP contribution in [0, 0.1) is 0 Å². The molecule has 0 fully saturated rings. The first kappa shape index (κ1) is 14.1. The number of fused-ring (bicyclic) bond motifs is 2. The average molecular weight is 370 g/mol. The van der Waals surface area contributed by atoms with Crippen molar-refractivity contribution in [2.75, 3.05) is 0 Å². The van der Waals surface area contributed by atoms with E-state index < -0.39 is 0 Å². The van der Waals surface area contributed by atoms with E-state index in [0.29, 0.717) is 23.6 Å². The molecule has 0 unspecified atom stereocenters. The van der Waals surface area contributed by atoms with Crippen LogP contribution < -0.4 is 5.32 Å². The van der Waals surface area contributed by atoms with Crippen LogP contribution in [0.25, 0.3) is 21.9 Å². The summed E-state index contributed by atoms with van der Waals surface area (Å²) < 4.78 is 12.2. The van der Waals surface area contributed by atoms with Gasteiger partial charge in [0.15, 0.2) is 5.76 Å². The van der Waals surface area contributed by atoms with Crippen LogP contribution in [0.5, 0.6) is 0 Å². The zero-order valence-electron chi connectivity index (χ0n) is 12.0. The minimum atomic E-state index is -0.261.